The fourth-order valence-corrected chi connectivity index (χ4v) is 4.67. The second-order valence-electron chi connectivity index (χ2n) is 7.73. The quantitative estimate of drug-likeness (QED) is 0.653. The molecule has 0 aliphatic carbocycles. The highest BCUT2D eigenvalue weighted by atomic mass is 35.5. The highest BCUT2D eigenvalue weighted by Crippen LogP contribution is 2.35. The Morgan fingerprint density at radius 2 is 1.68 bits per heavy atom. The maximum Gasteiger partial charge on any atom is 0.263 e. The van der Waals surface area contributed by atoms with Crippen LogP contribution in [0.4, 0.5) is 5.82 Å². The van der Waals surface area contributed by atoms with Crippen LogP contribution in [0.5, 0.6) is 0 Å². The third-order valence-corrected chi connectivity index (χ3v) is 6.29. The minimum atomic E-state index is 0.535. The van der Waals surface area contributed by atoms with Crippen molar-refractivity contribution in [2.75, 3.05) is 31.1 Å². The molecule has 0 amide bonds. The molecule has 0 unspecified atom stereocenters. The van der Waals surface area contributed by atoms with Gasteiger partial charge >= 0.3 is 0 Å². The predicted molar refractivity (Wildman–Crippen MR) is 111 cm³/mol. The number of likely N-dealkylation sites (tertiary alicyclic amines) is 1. The summed E-state index contributed by atoms with van der Waals surface area (Å²) in [5.74, 6) is 0.924. The average molecular weight is 398 g/mol. The number of hydrogen-bond donors (Lipinski definition) is 0. The fraction of sp³-hybridized carbons (Fsp3) is 0.476. The molecule has 3 aromatic rings. The average Bonchev–Trinajstić information content (AvgIpc) is 3.19. The van der Waals surface area contributed by atoms with E-state index in [9.17, 15) is 0 Å². The van der Waals surface area contributed by atoms with Gasteiger partial charge < -0.3 is 14.3 Å². The summed E-state index contributed by atoms with van der Waals surface area (Å²) in [6.07, 6.45) is 8.00. The lowest BCUT2D eigenvalue weighted by molar-refractivity contribution is 0.141. The topological polar surface area (TPSA) is 58.3 Å². The Morgan fingerprint density at radius 1 is 0.929 bits per heavy atom. The van der Waals surface area contributed by atoms with E-state index in [-0.39, 0.29) is 0 Å². The number of nitrogens with zero attached hydrogens (tertiary/aromatic N) is 5. The molecule has 2 aliphatic heterocycles. The normalized spacial score (nSPS) is 19.4. The van der Waals surface area contributed by atoms with Crippen molar-refractivity contribution in [1.82, 2.24) is 20.0 Å². The molecule has 0 atom stereocenters. The minimum Gasteiger partial charge on any atom is -0.356 e. The molecule has 2 aromatic heterocycles. The van der Waals surface area contributed by atoms with Crippen LogP contribution in [0.15, 0.2) is 35.1 Å². The number of anilines is 1. The lowest BCUT2D eigenvalue weighted by Gasteiger charge is -2.40. The molecule has 0 spiro atoms. The number of halogens is 1. The molecule has 2 fully saturated rings. The molecular formula is C21H24ClN5O. The fourth-order valence-electron chi connectivity index (χ4n) is 4.54. The Kier molecular flexibility index (Phi) is 4.91. The number of benzene rings is 1. The van der Waals surface area contributed by atoms with E-state index in [0.29, 0.717) is 16.8 Å². The van der Waals surface area contributed by atoms with Crippen LogP contribution in [0.3, 0.4) is 0 Å². The third-order valence-electron chi connectivity index (χ3n) is 6.04. The Hall–Kier alpha value is -2.18. The Labute approximate surface area is 169 Å². The van der Waals surface area contributed by atoms with E-state index >= 15 is 0 Å². The van der Waals surface area contributed by atoms with Crippen molar-refractivity contribution in [2.45, 2.75) is 38.1 Å². The first kappa shape index (κ1) is 17.9. The van der Waals surface area contributed by atoms with Gasteiger partial charge in [-0.2, -0.15) is 4.98 Å². The van der Waals surface area contributed by atoms with Crippen molar-refractivity contribution in [3.8, 4) is 11.3 Å². The van der Waals surface area contributed by atoms with Gasteiger partial charge in [0.05, 0.1) is 0 Å². The molecule has 0 bridgehead atoms. The second-order valence-corrected chi connectivity index (χ2v) is 8.17. The summed E-state index contributed by atoms with van der Waals surface area (Å²) in [7, 11) is 0. The largest absolute Gasteiger partial charge is 0.356 e. The zero-order valence-corrected chi connectivity index (χ0v) is 16.6. The van der Waals surface area contributed by atoms with Crippen molar-refractivity contribution in [2.24, 2.45) is 0 Å². The van der Waals surface area contributed by atoms with Crippen molar-refractivity contribution >= 4 is 28.5 Å². The summed E-state index contributed by atoms with van der Waals surface area (Å²) >= 11 is 6.04. The second kappa shape index (κ2) is 7.68. The molecule has 2 saturated heterocycles. The highest BCUT2D eigenvalue weighted by molar-refractivity contribution is 6.30. The number of fused-ring (bicyclic) bond motifs is 1. The highest BCUT2D eigenvalue weighted by Gasteiger charge is 2.28. The lowest BCUT2D eigenvalue weighted by Crippen LogP contribution is -2.47. The van der Waals surface area contributed by atoms with Gasteiger partial charge in [-0.1, -0.05) is 35.3 Å². The van der Waals surface area contributed by atoms with Crippen molar-refractivity contribution in [1.29, 1.82) is 0 Å². The van der Waals surface area contributed by atoms with Gasteiger partial charge in [-0.15, -0.1) is 0 Å². The van der Waals surface area contributed by atoms with E-state index < -0.39 is 0 Å². The molecule has 0 radical (unpaired) electrons. The van der Waals surface area contributed by atoms with E-state index in [2.05, 4.69) is 24.9 Å². The number of piperidine rings is 2. The standard InChI is InChI=1S/C21H24ClN5O/c22-16-6-4-15(5-7-16)19-18-20(23-14-24-21(18)28-25-19)27-12-8-17(9-13-27)26-10-2-1-3-11-26/h4-7,14,17H,1-3,8-13H2. The smallest absolute Gasteiger partial charge is 0.263 e. The van der Waals surface area contributed by atoms with Crippen LogP contribution in [0, 0.1) is 0 Å². The monoisotopic (exact) mass is 397 g/mol. The maximum atomic E-state index is 6.04. The van der Waals surface area contributed by atoms with Crippen LogP contribution in [-0.4, -0.2) is 52.2 Å². The summed E-state index contributed by atoms with van der Waals surface area (Å²) in [6.45, 7) is 4.51. The first-order chi connectivity index (χ1) is 13.8. The van der Waals surface area contributed by atoms with Crippen molar-refractivity contribution < 1.29 is 4.52 Å². The summed E-state index contributed by atoms with van der Waals surface area (Å²) < 4.78 is 5.51. The van der Waals surface area contributed by atoms with Gasteiger partial charge in [0.25, 0.3) is 5.71 Å². The predicted octanol–water partition coefficient (Wildman–Crippen LogP) is 4.39. The zero-order valence-electron chi connectivity index (χ0n) is 15.9. The molecule has 7 heteroatoms. The van der Waals surface area contributed by atoms with E-state index in [1.807, 2.05) is 24.3 Å². The zero-order chi connectivity index (χ0) is 18.9. The third kappa shape index (κ3) is 3.35. The van der Waals surface area contributed by atoms with E-state index in [1.54, 1.807) is 6.33 Å². The van der Waals surface area contributed by atoms with Crippen LogP contribution in [0.2, 0.25) is 5.02 Å². The van der Waals surface area contributed by atoms with Crippen LogP contribution < -0.4 is 4.90 Å². The first-order valence-electron chi connectivity index (χ1n) is 10.1. The molecule has 0 saturated carbocycles. The van der Waals surface area contributed by atoms with Crippen molar-refractivity contribution in [3.63, 3.8) is 0 Å². The van der Waals surface area contributed by atoms with Gasteiger partial charge in [-0.05, 0) is 50.9 Å². The maximum absolute atomic E-state index is 6.04. The Balaban J connectivity index is 1.42. The molecule has 6 nitrogen and oxygen atoms in total. The molecule has 28 heavy (non-hydrogen) atoms. The molecule has 4 heterocycles. The van der Waals surface area contributed by atoms with E-state index in [0.717, 1.165) is 35.6 Å². The Morgan fingerprint density at radius 3 is 2.43 bits per heavy atom. The van der Waals surface area contributed by atoms with Crippen LogP contribution >= 0.6 is 11.6 Å². The summed E-state index contributed by atoms with van der Waals surface area (Å²) in [5.41, 5.74) is 2.27. The Bertz CT molecular complexity index is 943. The number of aromatic nitrogens is 3. The molecule has 0 N–H and O–H groups in total. The lowest BCUT2D eigenvalue weighted by atomic mass is 9.99. The summed E-state index contributed by atoms with van der Waals surface area (Å²) in [5, 5.41) is 5.88. The van der Waals surface area contributed by atoms with Crippen molar-refractivity contribution in [3.05, 3.63) is 35.6 Å². The van der Waals surface area contributed by atoms with Gasteiger partial charge in [-0.25, -0.2) is 4.98 Å². The van der Waals surface area contributed by atoms with E-state index in [4.69, 9.17) is 16.1 Å². The first-order valence-corrected chi connectivity index (χ1v) is 10.5. The number of hydrogen-bond acceptors (Lipinski definition) is 6. The van der Waals surface area contributed by atoms with E-state index in [1.165, 1.54) is 45.2 Å². The molecule has 1 aromatic carbocycles. The van der Waals surface area contributed by atoms with Gasteiger partial charge in [0.2, 0.25) is 0 Å². The van der Waals surface area contributed by atoms with Gasteiger partial charge in [0.1, 0.15) is 23.2 Å². The summed E-state index contributed by atoms with van der Waals surface area (Å²) in [6, 6.07) is 8.35. The molecule has 2 aliphatic rings. The van der Waals surface area contributed by atoms with Crippen LogP contribution in [0.1, 0.15) is 32.1 Å². The van der Waals surface area contributed by atoms with Gasteiger partial charge in [0.15, 0.2) is 0 Å². The number of rotatable bonds is 3. The van der Waals surface area contributed by atoms with Crippen LogP contribution in [-0.2, 0) is 0 Å². The van der Waals surface area contributed by atoms with Crippen LogP contribution in [0.25, 0.3) is 22.4 Å². The van der Waals surface area contributed by atoms with Gasteiger partial charge in [-0.3, -0.25) is 0 Å². The summed E-state index contributed by atoms with van der Waals surface area (Å²) in [4.78, 5) is 14.0. The molecular weight excluding hydrogens is 374 g/mol. The molecule has 146 valence electrons. The molecule has 5 rings (SSSR count). The van der Waals surface area contributed by atoms with Gasteiger partial charge in [0, 0.05) is 29.7 Å². The SMILES string of the molecule is Clc1ccc(-c2noc3ncnc(N4CCC(N5CCCCC5)CC4)c23)cc1. The minimum absolute atomic E-state index is 0.535.